The zero-order chi connectivity index (χ0) is 54.2. The van der Waals surface area contributed by atoms with Gasteiger partial charge < -0.3 is 14.7 Å². The molecule has 0 radical (unpaired) electrons. The summed E-state index contributed by atoms with van der Waals surface area (Å²) in [5.74, 6) is 0. The fourth-order valence-electron chi connectivity index (χ4n) is 13.1. The molecule has 1 aliphatic carbocycles. The van der Waals surface area contributed by atoms with Crippen molar-refractivity contribution in [3.8, 4) is 11.1 Å². The molecular formula is C72H80BN3. The van der Waals surface area contributed by atoms with Gasteiger partial charge in [-0.1, -0.05) is 193 Å². The number of hydrogen-bond acceptors (Lipinski definition) is 3. The minimum Gasteiger partial charge on any atom is -0.311 e. The largest absolute Gasteiger partial charge is 0.311 e. The van der Waals surface area contributed by atoms with Gasteiger partial charge >= 0.3 is 0 Å². The van der Waals surface area contributed by atoms with Gasteiger partial charge in [-0.2, -0.15) is 0 Å². The maximum absolute atomic E-state index is 2.72. The van der Waals surface area contributed by atoms with Gasteiger partial charge in [0.1, 0.15) is 0 Å². The summed E-state index contributed by atoms with van der Waals surface area (Å²) in [6.45, 7) is 40.3. The van der Waals surface area contributed by atoms with E-state index in [9.17, 15) is 0 Å². The molecule has 3 aliphatic rings. The number of rotatable bonds is 6. The van der Waals surface area contributed by atoms with Gasteiger partial charge in [-0.15, -0.1) is 0 Å². The second kappa shape index (κ2) is 17.9. The molecule has 0 spiro atoms. The second-order valence-corrected chi connectivity index (χ2v) is 27.2. The van der Waals surface area contributed by atoms with Crippen LogP contribution in [0.4, 0.5) is 51.2 Å². The topological polar surface area (TPSA) is 9.72 Å². The monoisotopic (exact) mass is 998 g/mol. The number of nitrogens with zero attached hydrogens (tertiary/aromatic N) is 3. The Morgan fingerprint density at radius 1 is 0.421 bits per heavy atom. The molecule has 0 atom stereocenters. The van der Waals surface area contributed by atoms with Crippen molar-refractivity contribution in [3.63, 3.8) is 0 Å². The first-order valence-electron chi connectivity index (χ1n) is 28.1. The van der Waals surface area contributed by atoms with Crippen LogP contribution in [0.1, 0.15) is 153 Å². The normalized spacial score (nSPS) is 15.5. The van der Waals surface area contributed by atoms with Gasteiger partial charge in [-0.3, -0.25) is 0 Å². The minimum atomic E-state index is -0.152. The van der Waals surface area contributed by atoms with Crippen LogP contribution in [-0.2, 0) is 27.1 Å². The Bertz CT molecular complexity index is 3550. The maximum atomic E-state index is 2.72. The molecule has 11 rings (SSSR count). The standard InChI is InChI=1S/C72H80BN3/c1-45-24-23-25-46(2)66(45)75-61-42-54(74(53-32-30-50(31-33-53)68(5,6)7)60-29-22-21-28-55(60)49-26-19-18-20-27-49)34-35-58(61)73-59-43-56-57(72(16,17)37-36-71(56,14)15)44-62(59)76(64-41-52(70(11,12)13)40-63(75)65(64)73)67-47(3)38-51(39-48(67)4)69(8,9)10/h18-35,38-44H,36-37H2,1-17H3. The fraction of sp³-hybridized carbons (Fsp3) is 0.333. The molecule has 76 heavy (non-hydrogen) atoms. The van der Waals surface area contributed by atoms with Gasteiger partial charge in [-0.05, 0) is 188 Å². The highest BCUT2D eigenvalue weighted by atomic mass is 15.2. The Kier molecular flexibility index (Phi) is 12.1. The van der Waals surface area contributed by atoms with Gasteiger partial charge in [0.05, 0.1) is 17.1 Å². The Balaban J connectivity index is 1.27. The Hall–Kier alpha value is -6.78. The molecular weight excluding hydrogens is 918 g/mol. The van der Waals surface area contributed by atoms with E-state index < -0.39 is 0 Å². The lowest BCUT2D eigenvalue weighted by atomic mass is 9.33. The van der Waals surface area contributed by atoms with E-state index in [4.69, 9.17) is 0 Å². The summed E-state index contributed by atoms with van der Waals surface area (Å²) in [6.07, 6.45) is 2.31. The van der Waals surface area contributed by atoms with Crippen molar-refractivity contribution < 1.29 is 0 Å². The Morgan fingerprint density at radius 2 is 0.908 bits per heavy atom. The first kappa shape index (κ1) is 51.3. The van der Waals surface area contributed by atoms with E-state index in [-0.39, 0.29) is 33.8 Å². The van der Waals surface area contributed by atoms with Crippen molar-refractivity contribution in [1.82, 2.24) is 0 Å². The highest BCUT2D eigenvalue weighted by Gasteiger charge is 2.48. The maximum Gasteiger partial charge on any atom is 0.252 e. The molecule has 3 nitrogen and oxygen atoms in total. The van der Waals surface area contributed by atoms with Gasteiger partial charge in [-0.25, -0.2) is 0 Å². The highest BCUT2D eigenvalue weighted by Crippen LogP contribution is 2.53. The molecule has 4 heteroatoms. The van der Waals surface area contributed by atoms with Gasteiger partial charge in [0, 0.05) is 39.7 Å². The quantitative estimate of drug-likeness (QED) is 0.154. The number of fused-ring (bicyclic) bond motifs is 5. The van der Waals surface area contributed by atoms with Crippen LogP contribution in [0.15, 0.2) is 152 Å². The first-order valence-corrected chi connectivity index (χ1v) is 28.1. The molecule has 0 N–H and O–H groups in total. The van der Waals surface area contributed by atoms with Gasteiger partial charge in [0.2, 0.25) is 0 Å². The summed E-state index contributed by atoms with van der Waals surface area (Å²) in [4.78, 5) is 7.91. The third-order valence-electron chi connectivity index (χ3n) is 17.6. The number of hydrogen-bond donors (Lipinski definition) is 0. The molecule has 0 bridgehead atoms. The van der Waals surface area contributed by atoms with E-state index in [1.165, 1.54) is 112 Å². The molecule has 386 valence electrons. The van der Waals surface area contributed by atoms with Gasteiger partial charge in [0.15, 0.2) is 0 Å². The van der Waals surface area contributed by atoms with Crippen LogP contribution in [-0.4, -0.2) is 6.71 Å². The van der Waals surface area contributed by atoms with Crippen molar-refractivity contribution >= 4 is 74.3 Å². The second-order valence-electron chi connectivity index (χ2n) is 27.2. The summed E-state index contributed by atoms with van der Waals surface area (Å²) in [5, 5.41) is 0. The number of anilines is 9. The van der Waals surface area contributed by atoms with E-state index >= 15 is 0 Å². The van der Waals surface area contributed by atoms with Crippen LogP contribution in [0.3, 0.4) is 0 Å². The van der Waals surface area contributed by atoms with Crippen LogP contribution in [0.25, 0.3) is 11.1 Å². The van der Waals surface area contributed by atoms with E-state index in [2.05, 4.69) is 284 Å². The molecule has 2 heterocycles. The van der Waals surface area contributed by atoms with Crippen LogP contribution in [0, 0.1) is 27.7 Å². The van der Waals surface area contributed by atoms with Crippen LogP contribution < -0.4 is 31.1 Å². The average molecular weight is 998 g/mol. The smallest absolute Gasteiger partial charge is 0.252 e. The highest BCUT2D eigenvalue weighted by molar-refractivity contribution is 7.00. The molecule has 8 aromatic rings. The third-order valence-corrected chi connectivity index (χ3v) is 17.6. The summed E-state index contributed by atoms with van der Waals surface area (Å²) in [6, 6.07) is 58.9. The summed E-state index contributed by atoms with van der Waals surface area (Å²) >= 11 is 0. The average Bonchev–Trinajstić information content (AvgIpc) is 3.52. The lowest BCUT2D eigenvalue weighted by Crippen LogP contribution is -2.62. The summed E-state index contributed by atoms with van der Waals surface area (Å²) < 4.78 is 0. The van der Waals surface area contributed by atoms with E-state index in [1.807, 2.05) is 0 Å². The van der Waals surface area contributed by atoms with E-state index in [0.717, 1.165) is 29.9 Å². The summed E-state index contributed by atoms with van der Waals surface area (Å²) in [5.41, 5.74) is 29.5. The molecule has 0 saturated heterocycles. The molecule has 0 amide bonds. The predicted molar refractivity (Wildman–Crippen MR) is 331 cm³/mol. The predicted octanol–water partition coefficient (Wildman–Crippen LogP) is 18.4. The Morgan fingerprint density at radius 3 is 1.47 bits per heavy atom. The molecule has 8 aromatic carbocycles. The number of aryl methyl sites for hydroxylation is 4. The first-order chi connectivity index (χ1) is 35.7. The SMILES string of the molecule is Cc1cccc(C)c1N1c2cc(N(c3ccc(C(C)(C)C)cc3)c3ccccc3-c3ccccc3)ccc2B2c3cc4c(cc3N(c3c(C)cc(C(C)(C)C)cc3C)c3cc(C(C)(C)C)cc1c32)C(C)(C)CCC4(C)C. The molecule has 0 aromatic heterocycles. The molecule has 0 fully saturated rings. The fourth-order valence-corrected chi connectivity index (χ4v) is 13.1. The van der Waals surface area contributed by atoms with Crippen molar-refractivity contribution in [3.05, 3.63) is 202 Å². The third kappa shape index (κ3) is 8.50. The van der Waals surface area contributed by atoms with Gasteiger partial charge in [0.25, 0.3) is 6.71 Å². The van der Waals surface area contributed by atoms with E-state index in [0.29, 0.717) is 0 Å². The number of para-hydroxylation sites is 2. The Labute approximate surface area is 457 Å². The van der Waals surface area contributed by atoms with Crippen LogP contribution in [0.2, 0.25) is 0 Å². The van der Waals surface area contributed by atoms with E-state index in [1.54, 1.807) is 0 Å². The molecule has 0 unspecified atom stereocenters. The van der Waals surface area contributed by atoms with Crippen LogP contribution in [0.5, 0.6) is 0 Å². The van der Waals surface area contributed by atoms with Crippen molar-refractivity contribution in [1.29, 1.82) is 0 Å². The van der Waals surface area contributed by atoms with Crippen molar-refractivity contribution in [2.24, 2.45) is 0 Å². The molecule has 2 aliphatic heterocycles. The summed E-state index contributed by atoms with van der Waals surface area (Å²) in [7, 11) is 0. The van der Waals surface area contributed by atoms with Crippen LogP contribution >= 0.6 is 0 Å². The lowest BCUT2D eigenvalue weighted by Gasteiger charge is -2.48. The number of benzene rings is 8. The zero-order valence-corrected chi connectivity index (χ0v) is 48.8. The van der Waals surface area contributed by atoms with Crippen molar-refractivity contribution in [2.45, 2.75) is 158 Å². The lowest BCUT2D eigenvalue weighted by molar-refractivity contribution is 0.332. The zero-order valence-electron chi connectivity index (χ0n) is 48.8. The van der Waals surface area contributed by atoms with Crippen molar-refractivity contribution in [2.75, 3.05) is 14.7 Å². The molecule has 0 saturated carbocycles. The minimum absolute atomic E-state index is 0.0164.